The number of rotatable bonds is 9. The van der Waals surface area contributed by atoms with Gasteiger partial charge in [0.25, 0.3) is 0 Å². The molecule has 7 nitrogen and oxygen atoms in total. The predicted molar refractivity (Wildman–Crippen MR) is 128 cm³/mol. The predicted octanol–water partition coefficient (Wildman–Crippen LogP) is 3.29. The Morgan fingerprint density at radius 2 is 1.88 bits per heavy atom. The van der Waals surface area contributed by atoms with Gasteiger partial charge in [0.05, 0.1) is 0 Å². The molecule has 1 aromatic rings. The summed E-state index contributed by atoms with van der Waals surface area (Å²) in [5.41, 5.74) is 1.25. The lowest BCUT2D eigenvalue weighted by Gasteiger charge is -2.52. The SMILES string of the molecule is CCCCN1C(=O)[C@H](CC(C)C)NC(=O)C12CCN(Cc1ccc(C=CC(=O)O)cc1)CC2. The average Bonchev–Trinajstić information content (AvgIpc) is 2.78. The fourth-order valence-corrected chi connectivity index (χ4v) is 4.89. The maximum Gasteiger partial charge on any atom is 0.328 e. The molecule has 1 spiro atoms. The Morgan fingerprint density at radius 3 is 2.45 bits per heavy atom. The van der Waals surface area contributed by atoms with Crippen LogP contribution < -0.4 is 5.32 Å². The topological polar surface area (TPSA) is 90.0 Å². The van der Waals surface area contributed by atoms with E-state index in [1.807, 2.05) is 29.2 Å². The smallest absolute Gasteiger partial charge is 0.328 e. The molecule has 0 bridgehead atoms. The number of carboxylic acid groups (broad SMARTS) is 1. The number of carboxylic acids is 1. The van der Waals surface area contributed by atoms with E-state index in [0.29, 0.717) is 31.7 Å². The number of piperazine rings is 1. The normalized spacial score (nSPS) is 21.2. The first-order chi connectivity index (χ1) is 15.7. The number of carbonyl (C=O) groups is 3. The molecule has 2 aliphatic rings. The monoisotopic (exact) mass is 455 g/mol. The molecule has 2 N–H and O–H groups in total. The summed E-state index contributed by atoms with van der Waals surface area (Å²) in [5, 5.41) is 11.8. The lowest BCUT2D eigenvalue weighted by atomic mass is 9.80. The lowest BCUT2D eigenvalue weighted by molar-refractivity contribution is -0.161. The highest BCUT2D eigenvalue weighted by molar-refractivity contribution is 6.00. The maximum absolute atomic E-state index is 13.3. The molecule has 180 valence electrons. The first-order valence-corrected chi connectivity index (χ1v) is 12.1. The fraction of sp³-hybridized carbons (Fsp3) is 0.577. The Hall–Kier alpha value is -2.67. The summed E-state index contributed by atoms with van der Waals surface area (Å²) < 4.78 is 0. The van der Waals surface area contributed by atoms with Gasteiger partial charge in [-0.25, -0.2) is 4.79 Å². The zero-order valence-corrected chi connectivity index (χ0v) is 20.0. The van der Waals surface area contributed by atoms with Gasteiger partial charge in [-0.3, -0.25) is 14.5 Å². The lowest BCUT2D eigenvalue weighted by Crippen LogP contribution is -2.73. The average molecular weight is 456 g/mol. The van der Waals surface area contributed by atoms with Crippen molar-refractivity contribution in [1.29, 1.82) is 0 Å². The standard InChI is InChI=1S/C26H37N3O4/c1-4-5-14-29-24(32)22(17-19(2)3)27-25(33)26(29)12-15-28(16-13-26)18-21-8-6-20(7-9-21)10-11-23(30)31/h6-11,19,22H,4-5,12-18H2,1-3H3,(H,27,33)(H,30,31)/t22-/m0/s1. The van der Waals surface area contributed by atoms with Gasteiger partial charge in [0.15, 0.2) is 0 Å². The number of amides is 2. The molecule has 2 saturated heterocycles. The Balaban J connectivity index is 1.66. The van der Waals surface area contributed by atoms with Crippen LogP contribution in [0.5, 0.6) is 0 Å². The maximum atomic E-state index is 13.3. The van der Waals surface area contributed by atoms with E-state index in [0.717, 1.165) is 49.7 Å². The Bertz CT molecular complexity index is 870. The van der Waals surface area contributed by atoms with Crippen LogP contribution in [-0.4, -0.2) is 63.9 Å². The molecule has 2 aliphatic heterocycles. The molecule has 0 radical (unpaired) electrons. The van der Waals surface area contributed by atoms with Gasteiger partial charge >= 0.3 is 5.97 Å². The summed E-state index contributed by atoms with van der Waals surface area (Å²) in [5.74, 6) is -0.530. The number of hydrogen-bond donors (Lipinski definition) is 2. The van der Waals surface area contributed by atoms with Crippen LogP contribution in [0, 0.1) is 5.92 Å². The van der Waals surface area contributed by atoms with Crippen LogP contribution in [0.1, 0.15) is 64.0 Å². The van der Waals surface area contributed by atoms with Crippen molar-refractivity contribution in [2.45, 2.75) is 71.0 Å². The van der Waals surface area contributed by atoms with Gasteiger partial charge in [-0.2, -0.15) is 0 Å². The van der Waals surface area contributed by atoms with E-state index in [1.165, 1.54) is 0 Å². The Morgan fingerprint density at radius 1 is 1.21 bits per heavy atom. The highest BCUT2D eigenvalue weighted by Gasteiger charge is 2.53. The summed E-state index contributed by atoms with van der Waals surface area (Å²) in [4.78, 5) is 41.6. The molecule has 1 atom stereocenters. The Kier molecular flexibility index (Phi) is 8.30. The van der Waals surface area contributed by atoms with Crippen LogP contribution in [0.4, 0.5) is 0 Å². The third-order valence-electron chi connectivity index (χ3n) is 6.74. The number of unbranched alkanes of at least 4 members (excludes halogenated alkanes) is 1. The van der Waals surface area contributed by atoms with Crippen molar-refractivity contribution in [2.75, 3.05) is 19.6 Å². The number of hydrogen-bond acceptors (Lipinski definition) is 4. The molecule has 2 heterocycles. The molecule has 2 fully saturated rings. The van der Waals surface area contributed by atoms with E-state index in [-0.39, 0.29) is 11.8 Å². The second-order valence-corrected chi connectivity index (χ2v) is 9.72. The minimum atomic E-state index is -0.963. The molecular formula is C26H37N3O4. The number of aliphatic carboxylic acids is 1. The molecule has 0 saturated carbocycles. The minimum absolute atomic E-state index is 0.0121. The van der Waals surface area contributed by atoms with Crippen LogP contribution >= 0.6 is 0 Å². The molecular weight excluding hydrogens is 418 g/mol. The molecule has 3 rings (SSSR count). The van der Waals surface area contributed by atoms with Crippen molar-refractivity contribution in [3.8, 4) is 0 Å². The van der Waals surface area contributed by atoms with E-state index in [2.05, 4.69) is 31.0 Å². The van der Waals surface area contributed by atoms with Crippen LogP contribution in [0.3, 0.4) is 0 Å². The summed E-state index contributed by atoms with van der Waals surface area (Å²) in [6, 6.07) is 7.43. The molecule has 0 aliphatic carbocycles. The van der Waals surface area contributed by atoms with Crippen molar-refractivity contribution in [1.82, 2.24) is 15.1 Å². The van der Waals surface area contributed by atoms with Crippen LogP contribution in [0.15, 0.2) is 30.3 Å². The molecule has 0 unspecified atom stereocenters. The van der Waals surface area contributed by atoms with Crippen LogP contribution in [-0.2, 0) is 20.9 Å². The van der Waals surface area contributed by atoms with E-state index in [1.54, 1.807) is 6.08 Å². The second-order valence-electron chi connectivity index (χ2n) is 9.72. The first-order valence-electron chi connectivity index (χ1n) is 12.1. The molecule has 2 amide bonds. The number of benzene rings is 1. The van der Waals surface area contributed by atoms with Crippen molar-refractivity contribution < 1.29 is 19.5 Å². The summed E-state index contributed by atoms with van der Waals surface area (Å²) in [6.07, 6.45) is 6.55. The van der Waals surface area contributed by atoms with Gasteiger partial charge in [-0.15, -0.1) is 0 Å². The number of nitrogens with one attached hydrogen (secondary N) is 1. The van der Waals surface area contributed by atoms with Gasteiger partial charge < -0.3 is 15.3 Å². The van der Waals surface area contributed by atoms with E-state index in [4.69, 9.17) is 5.11 Å². The Labute approximate surface area is 196 Å². The zero-order valence-electron chi connectivity index (χ0n) is 20.0. The van der Waals surface area contributed by atoms with E-state index >= 15 is 0 Å². The van der Waals surface area contributed by atoms with Gasteiger partial charge in [-0.1, -0.05) is 51.5 Å². The number of nitrogens with zero attached hydrogens (tertiary/aromatic N) is 2. The number of piperidine rings is 1. The molecule has 0 aromatic heterocycles. The summed E-state index contributed by atoms with van der Waals surface area (Å²) in [6.45, 7) is 9.17. The van der Waals surface area contributed by atoms with Gasteiger partial charge in [-0.05, 0) is 48.8 Å². The quantitative estimate of drug-likeness (QED) is 0.558. The number of carbonyl (C=O) groups excluding carboxylic acids is 2. The van der Waals surface area contributed by atoms with Crippen molar-refractivity contribution in [2.24, 2.45) is 5.92 Å². The van der Waals surface area contributed by atoms with Crippen molar-refractivity contribution >= 4 is 23.9 Å². The van der Waals surface area contributed by atoms with Crippen LogP contribution in [0.25, 0.3) is 6.08 Å². The highest BCUT2D eigenvalue weighted by atomic mass is 16.4. The van der Waals surface area contributed by atoms with E-state index in [9.17, 15) is 14.4 Å². The zero-order chi connectivity index (χ0) is 24.0. The third kappa shape index (κ3) is 6.02. The minimum Gasteiger partial charge on any atom is -0.478 e. The van der Waals surface area contributed by atoms with E-state index < -0.39 is 17.6 Å². The van der Waals surface area contributed by atoms with Crippen LogP contribution in [0.2, 0.25) is 0 Å². The van der Waals surface area contributed by atoms with Crippen molar-refractivity contribution in [3.63, 3.8) is 0 Å². The van der Waals surface area contributed by atoms with Gasteiger partial charge in [0.1, 0.15) is 11.6 Å². The third-order valence-corrected chi connectivity index (χ3v) is 6.74. The number of likely N-dealkylation sites (tertiary alicyclic amines) is 1. The summed E-state index contributed by atoms with van der Waals surface area (Å²) >= 11 is 0. The highest BCUT2D eigenvalue weighted by Crippen LogP contribution is 2.34. The van der Waals surface area contributed by atoms with Crippen molar-refractivity contribution in [3.05, 3.63) is 41.5 Å². The molecule has 1 aromatic carbocycles. The largest absolute Gasteiger partial charge is 0.478 e. The van der Waals surface area contributed by atoms with Gasteiger partial charge in [0.2, 0.25) is 11.8 Å². The molecule has 33 heavy (non-hydrogen) atoms. The second kappa shape index (κ2) is 11.0. The summed E-state index contributed by atoms with van der Waals surface area (Å²) in [7, 11) is 0. The van der Waals surface area contributed by atoms with Gasteiger partial charge in [0, 0.05) is 32.3 Å². The fourth-order valence-electron chi connectivity index (χ4n) is 4.89. The molecule has 7 heteroatoms. The first kappa shape index (κ1) is 25.0.